The zero-order valence-electron chi connectivity index (χ0n) is 7.26. The summed E-state index contributed by atoms with van der Waals surface area (Å²) in [6, 6.07) is 2.55. The molecule has 1 aliphatic carbocycles. The van der Waals surface area contributed by atoms with Crippen LogP contribution in [0.1, 0.15) is 23.4 Å². The molecule has 0 saturated heterocycles. The van der Waals surface area contributed by atoms with Gasteiger partial charge < -0.3 is 10.2 Å². The Morgan fingerprint density at radius 3 is 2.50 bits per heavy atom. The van der Waals surface area contributed by atoms with E-state index in [1.165, 1.54) is 12.1 Å². The molecule has 1 saturated carbocycles. The summed E-state index contributed by atoms with van der Waals surface area (Å²) < 4.78 is 28.0. The number of rotatable bonds is 3. The van der Waals surface area contributed by atoms with Gasteiger partial charge >= 0.3 is 0 Å². The fourth-order valence-corrected chi connectivity index (χ4v) is 2.70. The second kappa shape index (κ2) is 2.84. The van der Waals surface area contributed by atoms with E-state index in [-0.39, 0.29) is 16.1 Å². The van der Waals surface area contributed by atoms with E-state index in [9.17, 15) is 13.2 Å². The van der Waals surface area contributed by atoms with Crippen molar-refractivity contribution in [1.82, 2.24) is 0 Å². The topological polar surface area (TPSA) is 90.4 Å². The molecule has 0 aromatic carbocycles. The Hall–Kier alpha value is -1.30. The van der Waals surface area contributed by atoms with Gasteiger partial charge in [-0.3, -0.25) is 4.79 Å². The number of primary amides is 1. The molecule has 2 N–H and O–H groups in total. The predicted molar refractivity (Wildman–Crippen MR) is 47.4 cm³/mol. The number of hydrogen-bond donors (Lipinski definition) is 1. The second-order valence-corrected chi connectivity index (χ2v) is 5.39. The minimum Gasteiger partial charge on any atom is -0.440 e. The van der Waals surface area contributed by atoms with Gasteiger partial charge in [0.2, 0.25) is 14.9 Å². The summed E-state index contributed by atoms with van der Waals surface area (Å²) in [7, 11) is -3.35. The van der Waals surface area contributed by atoms with Crippen LogP contribution < -0.4 is 5.73 Å². The van der Waals surface area contributed by atoms with Crippen molar-refractivity contribution in [2.24, 2.45) is 5.73 Å². The molecule has 2 rings (SSSR count). The summed E-state index contributed by atoms with van der Waals surface area (Å²) in [6.45, 7) is 0. The first-order chi connectivity index (χ1) is 6.51. The number of carbonyl (C=O) groups is 1. The quantitative estimate of drug-likeness (QED) is 0.785. The Labute approximate surface area is 80.8 Å². The molecule has 0 aliphatic heterocycles. The van der Waals surface area contributed by atoms with Crippen molar-refractivity contribution in [3.63, 3.8) is 0 Å². The molecule has 0 unspecified atom stereocenters. The highest BCUT2D eigenvalue weighted by Crippen LogP contribution is 2.33. The molecule has 0 spiro atoms. The standard InChI is InChI=1S/C8H9NO4S/c9-8(10)6-3-4-7(13-6)14(11,12)5-1-2-5/h3-5H,1-2H2,(H2,9,10). The lowest BCUT2D eigenvalue weighted by atomic mass is 10.4. The van der Waals surface area contributed by atoms with Crippen molar-refractivity contribution < 1.29 is 17.6 Å². The van der Waals surface area contributed by atoms with Crippen LogP contribution in [0.3, 0.4) is 0 Å². The predicted octanol–water partition coefficient (Wildman–Crippen LogP) is 0.315. The molecule has 1 fully saturated rings. The van der Waals surface area contributed by atoms with Crippen LogP contribution in [0.2, 0.25) is 0 Å². The minimum atomic E-state index is -3.35. The fourth-order valence-electron chi connectivity index (χ4n) is 1.15. The van der Waals surface area contributed by atoms with E-state index in [4.69, 9.17) is 10.2 Å². The van der Waals surface area contributed by atoms with Crippen molar-refractivity contribution in [2.75, 3.05) is 0 Å². The lowest BCUT2D eigenvalue weighted by Crippen LogP contribution is -2.10. The maximum Gasteiger partial charge on any atom is 0.284 e. The third-order valence-electron chi connectivity index (χ3n) is 2.07. The zero-order valence-corrected chi connectivity index (χ0v) is 8.08. The van der Waals surface area contributed by atoms with E-state index in [0.29, 0.717) is 12.8 Å². The largest absolute Gasteiger partial charge is 0.440 e. The van der Waals surface area contributed by atoms with Crippen LogP contribution in [0.4, 0.5) is 0 Å². The monoisotopic (exact) mass is 215 g/mol. The smallest absolute Gasteiger partial charge is 0.284 e. The van der Waals surface area contributed by atoms with Gasteiger partial charge in [0.05, 0.1) is 5.25 Å². The molecule has 5 nitrogen and oxygen atoms in total. The number of furan rings is 1. The highest BCUT2D eigenvalue weighted by molar-refractivity contribution is 7.92. The summed E-state index contributed by atoms with van der Waals surface area (Å²) in [4.78, 5) is 10.7. The third-order valence-corrected chi connectivity index (χ3v) is 4.20. The lowest BCUT2D eigenvalue weighted by Gasteiger charge is -1.95. The molecule has 1 aromatic rings. The molecule has 76 valence electrons. The van der Waals surface area contributed by atoms with Crippen LogP contribution in [-0.2, 0) is 9.84 Å². The van der Waals surface area contributed by atoms with Gasteiger partial charge in [-0.15, -0.1) is 0 Å². The second-order valence-electron chi connectivity index (χ2n) is 3.23. The number of hydrogen-bond acceptors (Lipinski definition) is 4. The van der Waals surface area contributed by atoms with Crippen LogP contribution in [0, 0.1) is 0 Å². The van der Waals surface area contributed by atoms with Crippen LogP contribution in [0.25, 0.3) is 0 Å². The van der Waals surface area contributed by atoms with Gasteiger partial charge in [0.15, 0.2) is 5.76 Å². The molecule has 0 radical (unpaired) electrons. The van der Waals surface area contributed by atoms with E-state index in [2.05, 4.69) is 0 Å². The van der Waals surface area contributed by atoms with Gasteiger partial charge in [-0.25, -0.2) is 8.42 Å². The average molecular weight is 215 g/mol. The van der Waals surface area contributed by atoms with Crippen LogP contribution in [0.5, 0.6) is 0 Å². The SMILES string of the molecule is NC(=O)c1ccc(S(=O)(=O)C2CC2)o1. The van der Waals surface area contributed by atoms with Crippen LogP contribution in [-0.4, -0.2) is 19.6 Å². The van der Waals surface area contributed by atoms with Crippen molar-refractivity contribution >= 4 is 15.7 Å². The van der Waals surface area contributed by atoms with E-state index in [0.717, 1.165) is 0 Å². The number of carbonyl (C=O) groups excluding carboxylic acids is 1. The first kappa shape index (κ1) is 9.26. The summed E-state index contributed by atoms with van der Waals surface area (Å²) in [5.41, 5.74) is 4.93. The molecule has 14 heavy (non-hydrogen) atoms. The molecular formula is C8H9NO4S. The maximum absolute atomic E-state index is 11.6. The van der Waals surface area contributed by atoms with Gasteiger partial charge in [-0.05, 0) is 25.0 Å². The Bertz CT molecular complexity index is 469. The normalized spacial score (nSPS) is 16.9. The van der Waals surface area contributed by atoms with Gasteiger partial charge in [0.25, 0.3) is 5.91 Å². The maximum atomic E-state index is 11.6. The first-order valence-electron chi connectivity index (χ1n) is 4.15. The van der Waals surface area contributed by atoms with Gasteiger partial charge in [-0.1, -0.05) is 0 Å². The molecule has 1 amide bonds. The fraction of sp³-hybridized carbons (Fsp3) is 0.375. The molecule has 1 aromatic heterocycles. The van der Waals surface area contributed by atoms with Crippen LogP contribution >= 0.6 is 0 Å². The lowest BCUT2D eigenvalue weighted by molar-refractivity contribution is 0.0969. The Balaban J connectivity index is 2.37. The Morgan fingerprint density at radius 2 is 2.07 bits per heavy atom. The summed E-state index contributed by atoms with van der Waals surface area (Å²) >= 11 is 0. The molecule has 6 heteroatoms. The van der Waals surface area contributed by atoms with Gasteiger partial charge in [-0.2, -0.15) is 0 Å². The van der Waals surface area contributed by atoms with Gasteiger partial charge in [0, 0.05) is 0 Å². The summed E-state index contributed by atoms with van der Waals surface area (Å²) in [5.74, 6) is -0.883. The zero-order chi connectivity index (χ0) is 10.3. The average Bonchev–Trinajstić information content (AvgIpc) is 2.82. The number of nitrogens with two attached hydrogens (primary N) is 1. The Morgan fingerprint density at radius 1 is 1.43 bits per heavy atom. The van der Waals surface area contributed by atoms with Crippen LogP contribution in [0.15, 0.2) is 21.6 Å². The molecular weight excluding hydrogens is 206 g/mol. The Kier molecular flexibility index (Phi) is 1.88. The summed E-state index contributed by atoms with van der Waals surface area (Å²) in [5, 5.41) is -0.497. The highest BCUT2D eigenvalue weighted by Gasteiger charge is 2.39. The number of amides is 1. The van der Waals surface area contributed by atoms with Crippen molar-refractivity contribution in [3.8, 4) is 0 Å². The van der Waals surface area contributed by atoms with Crippen molar-refractivity contribution in [2.45, 2.75) is 23.2 Å². The molecule has 1 heterocycles. The molecule has 0 atom stereocenters. The summed E-state index contributed by atoms with van der Waals surface area (Å²) in [6.07, 6.45) is 1.32. The highest BCUT2D eigenvalue weighted by atomic mass is 32.2. The first-order valence-corrected chi connectivity index (χ1v) is 5.70. The van der Waals surface area contributed by atoms with E-state index < -0.39 is 15.7 Å². The third kappa shape index (κ3) is 1.41. The molecule has 0 bridgehead atoms. The molecule has 1 aliphatic rings. The van der Waals surface area contributed by atoms with Crippen molar-refractivity contribution in [1.29, 1.82) is 0 Å². The number of sulfone groups is 1. The van der Waals surface area contributed by atoms with Gasteiger partial charge in [0.1, 0.15) is 0 Å². The van der Waals surface area contributed by atoms with Crippen molar-refractivity contribution in [3.05, 3.63) is 17.9 Å². The van der Waals surface area contributed by atoms with E-state index in [1.807, 2.05) is 0 Å². The van der Waals surface area contributed by atoms with E-state index in [1.54, 1.807) is 0 Å². The van der Waals surface area contributed by atoms with E-state index >= 15 is 0 Å². The minimum absolute atomic E-state index is 0.121.